The standard InChI is InChI=1S/C30H34Cl2O8S/c1-16-13-19-21(25(35-3)29(38-6)27(36-4)23(19)31)22-20(14-17(16)2)24(32)28(37-5)30(39-7)26(22)40-41(33,34)15-18-11-9-8-10-12-18/h8-12,16-17H,13-15H2,1-7H3. The number of benzene rings is 3. The summed E-state index contributed by atoms with van der Waals surface area (Å²) in [5.41, 5.74) is 2.70. The Balaban J connectivity index is 2.17. The molecule has 0 aliphatic heterocycles. The van der Waals surface area contributed by atoms with Crippen molar-refractivity contribution in [1.29, 1.82) is 0 Å². The number of methoxy groups -OCH3 is 5. The number of halogens is 2. The first-order valence-electron chi connectivity index (χ1n) is 13.0. The molecule has 222 valence electrons. The summed E-state index contributed by atoms with van der Waals surface area (Å²) in [5.74, 6) is 0.829. The number of fused-ring (bicyclic) bond motifs is 3. The van der Waals surface area contributed by atoms with Gasteiger partial charge in [-0.2, -0.15) is 8.42 Å². The van der Waals surface area contributed by atoms with E-state index in [-0.39, 0.29) is 45.6 Å². The fourth-order valence-corrected chi connectivity index (χ4v) is 7.05. The van der Waals surface area contributed by atoms with Crippen molar-refractivity contribution in [3.63, 3.8) is 0 Å². The molecule has 4 rings (SSSR count). The molecule has 0 bridgehead atoms. The van der Waals surface area contributed by atoms with E-state index in [4.69, 9.17) is 51.1 Å². The topological polar surface area (TPSA) is 89.5 Å². The monoisotopic (exact) mass is 624 g/mol. The van der Waals surface area contributed by atoms with Gasteiger partial charge in [-0.25, -0.2) is 0 Å². The molecule has 8 nitrogen and oxygen atoms in total. The van der Waals surface area contributed by atoms with E-state index in [1.165, 1.54) is 35.5 Å². The summed E-state index contributed by atoms with van der Waals surface area (Å²) in [6.07, 6.45) is 1.02. The highest BCUT2D eigenvalue weighted by Crippen LogP contribution is 2.60. The quantitative estimate of drug-likeness (QED) is 0.235. The summed E-state index contributed by atoms with van der Waals surface area (Å²) < 4.78 is 61.8. The lowest BCUT2D eigenvalue weighted by Crippen LogP contribution is -2.20. The molecule has 3 aromatic carbocycles. The van der Waals surface area contributed by atoms with Gasteiger partial charge in [0, 0.05) is 11.1 Å². The summed E-state index contributed by atoms with van der Waals surface area (Å²) in [4.78, 5) is 0. The summed E-state index contributed by atoms with van der Waals surface area (Å²) >= 11 is 14.0. The van der Waals surface area contributed by atoms with E-state index in [0.717, 1.165) is 0 Å². The van der Waals surface area contributed by atoms with Crippen LogP contribution in [0.4, 0.5) is 0 Å². The molecule has 0 saturated carbocycles. The summed E-state index contributed by atoms with van der Waals surface area (Å²) in [7, 11) is 3.08. The van der Waals surface area contributed by atoms with Crippen LogP contribution in [0.1, 0.15) is 30.5 Å². The van der Waals surface area contributed by atoms with Gasteiger partial charge in [0.15, 0.2) is 23.0 Å². The van der Waals surface area contributed by atoms with E-state index in [9.17, 15) is 8.42 Å². The Morgan fingerprint density at radius 2 is 1.07 bits per heavy atom. The first-order valence-corrected chi connectivity index (χ1v) is 15.3. The maximum atomic E-state index is 13.6. The zero-order valence-electron chi connectivity index (χ0n) is 24.1. The molecule has 0 spiro atoms. The highest BCUT2D eigenvalue weighted by molar-refractivity contribution is 7.86. The van der Waals surface area contributed by atoms with Crippen molar-refractivity contribution >= 4 is 33.3 Å². The molecule has 0 fully saturated rings. The predicted octanol–water partition coefficient (Wildman–Crippen LogP) is 6.98. The Morgan fingerprint density at radius 3 is 1.51 bits per heavy atom. The molecule has 0 heterocycles. The van der Waals surface area contributed by atoms with Gasteiger partial charge in [0.2, 0.25) is 11.5 Å². The Kier molecular flexibility index (Phi) is 9.41. The first kappa shape index (κ1) is 30.9. The van der Waals surface area contributed by atoms with Gasteiger partial charge in [0.1, 0.15) is 5.75 Å². The summed E-state index contributed by atoms with van der Waals surface area (Å²) in [5, 5.41) is 0.586. The molecule has 0 radical (unpaired) electrons. The maximum Gasteiger partial charge on any atom is 0.313 e. The smallest absolute Gasteiger partial charge is 0.313 e. The minimum Gasteiger partial charge on any atom is -0.492 e. The minimum atomic E-state index is -4.21. The second-order valence-corrected chi connectivity index (χ2v) is 12.3. The van der Waals surface area contributed by atoms with Gasteiger partial charge in [-0.3, -0.25) is 0 Å². The highest BCUT2D eigenvalue weighted by atomic mass is 35.5. The van der Waals surface area contributed by atoms with E-state index in [1.807, 2.05) is 6.07 Å². The van der Waals surface area contributed by atoms with Crippen LogP contribution in [0.5, 0.6) is 34.5 Å². The van der Waals surface area contributed by atoms with Gasteiger partial charge in [-0.1, -0.05) is 67.4 Å². The Morgan fingerprint density at radius 1 is 0.659 bits per heavy atom. The average molecular weight is 626 g/mol. The van der Waals surface area contributed by atoms with Gasteiger partial charge in [0.05, 0.1) is 45.6 Å². The van der Waals surface area contributed by atoms with Crippen LogP contribution in [0.2, 0.25) is 10.0 Å². The van der Waals surface area contributed by atoms with Gasteiger partial charge in [-0.05, 0) is 41.4 Å². The van der Waals surface area contributed by atoms with E-state index in [1.54, 1.807) is 24.3 Å². The second kappa shape index (κ2) is 12.5. The van der Waals surface area contributed by atoms with Crippen LogP contribution in [-0.2, 0) is 28.7 Å². The van der Waals surface area contributed by atoms with Crippen molar-refractivity contribution in [2.24, 2.45) is 11.8 Å². The third-order valence-electron chi connectivity index (χ3n) is 7.50. The Labute approximate surface area is 251 Å². The van der Waals surface area contributed by atoms with E-state index >= 15 is 0 Å². The van der Waals surface area contributed by atoms with Crippen LogP contribution in [-0.4, -0.2) is 44.0 Å². The van der Waals surface area contributed by atoms with Crippen LogP contribution in [0, 0.1) is 11.8 Å². The normalized spacial score (nSPS) is 16.5. The van der Waals surface area contributed by atoms with Crippen molar-refractivity contribution in [2.75, 3.05) is 35.5 Å². The molecule has 0 aromatic heterocycles. The minimum absolute atomic E-state index is 0.0214. The van der Waals surface area contributed by atoms with Gasteiger partial charge >= 0.3 is 10.1 Å². The fraction of sp³-hybridized carbons (Fsp3) is 0.400. The lowest BCUT2D eigenvalue weighted by molar-refractivity contribution is 0.322. The van der Waals surface area contributed by atoms with Crippen molar-refractivity contribution in [3.8, 4) is 45.6 Å². The molecular formula is C30H34Cl2O8S. The zero-order valence-corrected chi connectivity index (χ0v) is 26.4. The Hall–Kier alpha value is -3.01. The molecule has 3 aromatic rings. The number of hydrogen-bond donors (Lipinski definition) is 0. The predicted molar refractivity (Wildman–Crippen MR) is 160 cm³/mol. The second-order valence-electron chi connectivity index (χ2n) is 9.96. The molecule has 0 saturated heterocycles. The fourth-order valence-electron chi connectivity index (χ4n) is 5.30. The summed E-state index contributed by atoms with van der Waals surface area (Å²) in [6, 6.07) is 8.76. The zero-order chi connectivity index (χ0) is 30.1. The van der Waals surface area contributed by atoms with Crippen molar-refractivity contribution < 1.29 is 36.3 Å². The van der Waals surface area contributed by atoms with Gasteiger partial charge < -0.3 is 27.9 Å². The third kappa shape index (κ3) is 5.72. The number of ether oxygens (including phenoxy) is 5. The lowest BCUT2D eigenvalue weighted by atomic mass is 9.77. The highest BCUT2D eigenvalue weighted by Gasteiger charge is 2.38. The van der Waals surface area contributed by atoms with Crippen LogP contribution in [0.15, 0.2) is 30.3 Å². The molecule has 2 atom stereocenters. The van der Waals surface area contributed by atoms with Crippen LogP contribution in [0.3, 0.4) is 0 Å². The van der Waals surface area contributed by atoms with Crippen LogP contribution in [0.25, 0.3) is 11.1 Å². The van der Waals surface area contributed by atoms with Gasteiger partial charge in [-0.15, -0.1) is 0 Å². The van der Waals surface area contributed by atoms with E-state index in [2.05, 4.69) is 13.8 Å². The van der Waals surface area contributed by atoms with Crippen molar-refractivity contribution in [1.82, 2.24) is 0 Å². The molecule has 2 unspecified atom stereocenters. The SMILES string of the molecule is COc1c(Cl)c2c(c(OC)c1OC)-c1c(c(Cl)c(OC)c(OC)c1OS(=O)(=O)Cc1ccccc1)CC(C)C(C)C2. The van der Waals surface area contributed by atoms with Crippen molar-refractivity contribution in [3.05, 3.63) is 57.1 Å². The molecule has 1 aliphatic carbocycles. The summed E-state index contributed by atoms with van der Waals surface area (Å²) in [6.45, 7) is 4.22. The molecule has 0 amide bonds. The molecule has 1 aliphatic rings. The van der Waals surface area contributed by atoms with Crippen LogP contribution >= 0.6 is 23.2 Å². The molecule has 11 heteroatoms. The number of hydrogen-bond acceptors (Lipinski definition) is 8. The van der Waals surface area contributed by atoms with Gasteiger partial charge in [0.25, 0.3) is 0 Å². The van der Waals surface area contributed by atoms with E-state index < -0.39 is 10.1 Å². The third-order valence-corrected chi connectivity index (χ3v) is 9.41. The Bertz CT molecular complexity index is 1540. The molecule has 0 N–H and O–H groups in total. The lowest BCUT2D eigenvalue weighted by Gasteiger charge is -2.32. The average Bonchev–Trinajstić information content (AvgIpc) is 2.94. The van der Waals surface area contributed by atoms with E-state index in [0.29, 0.717) is 57.2 Å². The maximum absolute atomic E-state index is 13.6. The number of rotatable bonds is 9. The molecular weight excluding hydrogens is 591 g/mol. The first-order chi connectivity index (χ1) is 19.5. The molecule has 41 heavy (non-hydrogen) atoms. The van der Waals surface area contributed by atoms with Crippen molar-refractivity contribution in [2.45, 2.75) is 32.4 Å². The van der Waals surface area contributed by atoms with Crippen LogP contribution < -0.4 is 27.9 Å². The largest absolute Gasteiger partial charge is 0.492 e.